The number of nitrogen functional groups attached to an aromatic ring is 1. The largest absolute Gasteiger partial charge is 0.454 e. The van der Waals surface area contributed by atoms with Crippen LogP contribution >= 0.6 is 24.0 Å². The van der Waals surface area contributed by atoms with E-state index in [0.717, 1.165) is 11.1 Å². The van der Waals surface area contributed by atoms with E-state index < -0.39 is 5.82 Å². The van der Waals surface area contributed by atoms with Crippen LogP contribution in [0.4, 0.5) is 4.39 Å². The zero-order valence-corrected chi connectivity index (χ0v) is 13.1. The highest BCUT2D eigenvalue weighted by Gasteiger charge is 2.09. The topological polar surface area (TPSA) is 59.1 Å². The van der Waals surface area contributed by atoms with Gasteiger partial charge in [-0.1, -0.05) is 11.6 Å². The number of nitrogens with two attached hydrogens (primary N) is 1. The summed E-state index contributed by atoms with van der Waals surface area (Å²) in [6, 6.07) is 7.65. The van der Waals surface area contributed by atoms with Crippen molar-refractivity contribution in [3.8, 4) is 11.5 Å². The van der Waals surface area contributed by atoms with Gasteiger partial charge in [0.15, 0.2) is 11.6 Å². The highest BCUT2D eigenvalue weighted by atomic mass is 35.5. The molecule has 0 fully saturated rings. The number of halogens is 3. The van der Waals surface area contributed by atoms with Crippen LogP contribution in [0.1, 0.15) is 16.7 Å². The Morgan fingerprint density at radius 2 is 1.76 bits per heavy atom. The third-order valence-corrected chi connectivity index (χ3v) is 3.48. The molecule has 0 radical (unpaired) electrons. The molecule has 112 valence electrons. The first kappa shape index (κ1) is 17.3. The summed E-state index contributed by atoms with van der Waals surface area (Å²) < 4.78 is 19.4. The Bertz CT molecular complexity index is 666. The van der Waals surface area contributed by atoms with Gasteiger partial charge < -0.3 is 10.5 Å². The number of hydrogen-bond acceptors (Lipinski definition) is 2. The van der Waals surface area contributed by atoms with E-state index in [4.69, 9.17) is 27.5 Å². The molecule has 0 spiro atoms. The second-order valence-electron chi connectivity index (χ2n) is 4.53. The molecule has 0 saturated carbocycles. The molecule has 3 N–H and O–H groups in total. The molecular formula is C15H15Cl2FN2O. The quantitative estimate of drug-likeness (QED) is 0.639. The minimum atomic E-state index is -0.567. The monoisotopic (exact) mass is 328 g/mol. The van der Waals surface area contributed by atoms with E-state index in [-0.39, 0.29) is 24.0 Å². The van der Waals surface area contributed by atoms with Gasteiger partial charge in [0.05, 0.1) is 0 Å². The maximum atomic E-state index is 13.9. The summed E-state index contributed by atoms with van der Waals surface area (Å²) in [5.41, 5.74) is 7.35. The lowest BCUT2D eigenvalue weighted by atomic mass is 10.1. The molecule has 21 heavy (non-hydrogen) atoms. The molecule has 6 heteroatoms. The second-order valence-corrected chi connectivity index (χ2v) is 4.91. The van der Waals surface area contributed by atoms with Crippen molar-refractivity contribution in [3.05, 3.63) is 57.9 Å². The van der Waals surface area contributed by atoms with Crippen molar-refractivity contribution in [1.29, 1.82) is 5.41 Å². The summed E-state index contributed by atoms with van der Waals surface area (Å²) in [5.74, 6) is -0.161. The molecule has 2 aromatic rings. The van der Waals surface area contributed by atoms with Gasteiger partial charge in [-0.3, -0.25) is 5.41 Å². The van der Waals surface area contributed by atoms with Gasteiger partial charge in [-0.2, -0.15) is 0 Å². The fourth-order valence-electron chi connectivity index (χ4n) is 1.84. The minimum Gasteiger partial charge on any atom is -0.454 e. The second kappa shape index (κ2) is 6.78. The summed E-state index contributed by atoms with van der Waals surface area (Å²) >= 11 is 6.07. The molecule has 0 unspecified atom stereocenters. The van der Waals surface area contributed by atoms with Gasteiger partial charge in [-0.05, 0) is 55.3 Å². The molecule has 0 saturated heterocycles. The fourth-order valence-corrected chi connectivity index (χ4v) is 1.95. The number of aryl methyl sites for hydroxylation is 2. The van der Waals surface area contributed by atoms with Crippen LogP contribution in [-0.2, 0) is 0 Å². The van der Waals surface area contributed by atoms with Gasteiger partial charge in [0.2, 0.25) is 0 Å². The Balaban J connectivity index is 0.00000220. The van der Waals surface area contributed by atoms with Gasteiger partial charge in [-0.25, -0.2) is 4.39 Å². The summed E-state index contributed by atoms with van der Waals surface area (Å²) in [4.78, 5) is 0. The lowest BCUT2D eigenvalue weighted by molar-refractivity contribution is 0.441. The molecule has 3 nitrogen and oxygen atoms in total. The first-order chi connectivity index (χ1) is 9.38. The van der Waals surface area contributed by atoms with Crippen LogP contribution in [0.25, 0.3) is 0 Å². The third kappa shape index (κ3) is 3.86. The van der Waals surface area contributed by atoms with Gasteiger partial charge in [-0.15, -0.1) is 12.4 Å². The molecule has 0 bridgehead atoms. The van der Waals surface area contributed by atoms with Crippen molar-refractivity contribution in [2.45, 2.75) is 13.8 Å². The molecular weight excluding hydrogens is 314 g/mol. The zero-order chi connectivity index (χ0) is 14.9. The van der Waals surface area contributed by atoms with E-state index in [0.29, 0.717) is 16.3 Å². The Morgan fingerprint density at radius 3 is 2.24 bits per heavy atom. The predicted molar refractivity (Wildman–Crippen MR) is 85.7 cm³/mol. The Hall–Kier alpha value is -1.78. The molecule has 0 aliphatic heterocycles. The van der Waals surface area contributed by atoms with Crippen molar-refractivity contribution in [2.24, 2.45) is 5.73 Å². The van der Waals surface area contributed by atoms with Crippen LogP contribution in [0.5, 0.6) is 11.5 Å². The van der Waals surface area contributed by atoms with Crippen molar-refractivity contribution >= 4 is 29.8 Å². The maximum Gasteiger partial charge on any atom is 0.166 e. The molecule has 0 aromatic heterocycles. The Kier molecular flexibility index (Phi) is 5.58. The molecule has 0 aliphatic rings. The van der Waals surface area contributed by atoms with Crippen LogP contribution in [0, 0.1) is 25.1 Å². The average Bonchev–Trinajstić information content (AvgIpc) is 2.38. The van der Waals surface area contributed by atoms with Crippen molar-refractivity contribution < 1.29 is 9.13 Å². The summed E-state index contributed by atoms with van der Waals surface area (Å²) in [6.45, 7) is 3.72. The predicted octanol–water partition coefficient (Wildman–Crippen LogP) is 4.59. The van der Waals surface area contributed by atoms with Crippen molar-refractivity contribution in [2.75, 3.05) is 0 Å². The van der Waals surface area contributed by atoms with Crippen LogP contribution in [0.2, 0.25) is 5.02 Å². The summed E-state index contributed by atoms with van der Waals surface area (Å²) in [7, 11) is 0. The number of ether oxygens (including phenoxy) is 1. The van der Waals surface area contributed by atoms with Crippen LogP contribution in [-0.4, -0.2) is 5.84 Å². The van der Waals surface area contributed by atoms with Gasteiger partial charge in [0.1, 0.15) is 11.6 Å². The lowest BCUT2D eigenvalue weighted by Gasteiger charge is -2.11. The molecule has 0 heterocycles. The molecule has 0 amide bonds. The summed E-state index contributed by atoms with van der Waals surface area (Å²) in [6.07, 6.45) is 0. The number of nitrogens with one attached hydrogen (secondary N) is 1. The zero-order valence-electron chi connectivity index (χ0n) is 11.5. The van der Waals surface area contributed by atoms with Crippen molar-refractivity contribution in [1.82, 2.24) is 0 Å². The van der Waals surface area contributed by atoms with E-state index in [1.165, 1.54) is 18.2 Å². The Labute approximate surface area is 133 Å². The normalized spacial score (nSPS) is 9.90. The van der Waals surface area contributed by atoms with Gasteiger partial charge >= 0.3 is 0 Å². The maximum absolute atomic E-state index is 13.9. The minimum absolute atomic E-state index is 0. The average molecular weight is 329 g/mol. The smallest absolute Gasteiger partial charge is 0.166 e. The highest BCUT2D eigenvalue weighted by molar-refractivity contribution is 6.32. The first-order valence-electron chi connectivity index (χ1n) is 5.97. The number of amidine groups is 1. The van der Waals surface area contributed by atoms with E-state index >= 15 is 0 Å². The molecule has 0 aliphatic carbocycles. The van der Waals surface area contributed by atoms with E-state index in [1.807, 2.05) is 13.8 Å². The number of benzene rings is 2. The lowest BCUT2D eigenvalue weighted by Crippen LogP contribution is -2.11. The molecule has 2 aromatic carbocycles. The van der Waals surface area contributed by atoms with Crippen LogP contribution in [0.3, 0.4) is 0 Å². The molecule has 2 rings (SSSR count). The van der Waals surface area contributed by atoms with Gasteiger partial charge in [0, 0.05) is 10.6 Å². The van der Waals surface area contributed by atoms with E-state index in [2.05, 4.69) is 0 Å². The fraction of sp³-hybridized carbons (Fsp3) is 0.133. The van der Waals surface area contributed by atoms with Gasteiger partial charge in [0.25, 0.3) is 0 Å². The van der Waals surface area contributed by atoms with E-state index in [9.17, 15) is 4.39 Å². The first-order valence-corrected chi connectivity index (χ1v) is 6.35. The van der Waals surface area contributed by atoms with Crippen LogP contribution < -0.4 is 10.5 Å². The highest BCUT2D eigenvalue weighted by Crippen LogP contribution is 2.30. The standard InChI is InChI=1S/C15H14ClFN2O.ClH/c1-8-5-11(6-9(2)14(8)16)20-13-4-3-10(15(18)19)7-12(13)17;/h3-7H,1-2H3,(H3,18,19);1H. The SMILES string of the molecule is Cc1cc(Oc2ccc(C(=N)N)cc2F)cc(C)c1Cl.Cl. The third-order valence-electron chi connectivity index (χ3n) is 2.88. The molecule has 0 atom stereocenters. The van der Waals surface area contributed by atoms with Crippen LogP contribution in [0.15, 0.2) is 30.3 Å². The number of rotatable bonds is 3. The van der Waals surface area contributed by atoms with E-state index in [1.54, 1.807) is 12.1 Å². The van der Waals surface area contributed by atoms with Crippen molar-refractivity contribution in [3.63, 3.8) is 0 Å². The number of hydrogen-bond donors (Lipinski definition) is 2. The Morgan fingerprint density at radius 1 is 1.19 bits per heavy atom. The summed E-state index contributed by atoms with van der Waals surface area (Å²) in [5, 5.41) is 7.93.